The second-order valence-electron chi connectivity index (χ2n) is 6.91. The maximum atomic E-state index is 12.4. The molecule has 0 radical (unpaired) electrons. The minimum Gasteiger partial charge on any atom is -0.481 e. The Morgan fingerprint density at radius 1 is 1.32 bits per heavy atom. The zero-order valence-corrected chi connectivity index (χ0v) is 13.6. The molecule has 2 aromatic heterocycles. The number of hydrogen-bond donors (Lipinski definition) is 2. The maximum Gasteiger partial charge on any atom is 0.306 e. The van der Waals surface area contributed by atoms with Crippen LogP contribution in [0.1, 0.15) is 35.3 Å². The summed E-state index contributed by atoms with van der Waals surface area (Å²) in [6, 6.07) is 3.83. The number of pyridine rings is 1. The molecule has 2 fully saturated rings. The minimum absolute atomic E-state index is 0.0466. The average Bonchev–Trinajstić information content (AvgIpc) is 3.18. The monoisotopic (exact) mass is 341 g/mol. The van der Waals surface area contributed by atoms with E-state index in [-0.39, 0.29) is 29.5 Å². The lowest BCUT2D eigenvalue weighted by atomic mass is 9.71. The molecule has 2 aromatic rings. The largest absolute Gasteiger partial charge is 0.481 e. The van der Waals surface area contributed by atoms with E-state index < -0.39 is 5.97 Å². The number of carbonyl (C=O) groups excluding carboxylic acids is 1. The van der Waals surface area contributed by atoms with Gasteiger partial charge in [-0.25, -0.2) is 4.68 Å². The molecule has 2 aliphatic rings. The van der Waals surface area contributed by atoms with Crippen molar-refractivity contribution in [1.29, 1.82) is 0 Å². The number of aliphatic carboxylic acids is 1. The second-order valence-corrected chi connectivity index (χ2v) is 6.91. The molecule has 2 N–H and O–H groups in total. The van der Waals surface area contributed by atoms with Crippen molar-refractivity contribution >= 4 is 11.9 Å². The van der Waals surface area contributed by atoms with Crippen LogP contribution in [0, 0.1) is 17.8 Å². The molecular formula is C17H19N5O3. The van der Waals surface area contributed by atoms with Gasteiger partial charge in [-0.1, -0.05) is 11.3 Å². The van der Waals surface area contributed by atoms with Crippen molar-refractivity contribution in [1.82, 2.24) is 25.3 Å². The molecule has 0 aromatic carbocycles. The summed E-state index contributed by atoms with van der Waals surface area (Å²) >= 11 is 0. The summed E-state index contributed by atoms with van der Waals surface area (Å²) in [7, 11) is 0. The fraction of sp³-hybridized carbons (Fsp3) is 0.471. The van der Waals surface area contributed by atoms with Gasteiger partial charge in [0.1, 0.15) is 0 Å². The summed E-state index contributed by atoms with van der Waals surface area (Å²) < 4.78 is 1.60. The lowest BCUT2D eigenvalue weighted by Gasteiger charge is -2.40. The Kier molecular flexibility index (Phi) is 3.95. The molecule has 1 amide bonds. The Morgan fingerprint density at radius 3 is 2.96 bits per heavy atom. The third kappa shape index (κ3) is 3.11. The van der Waals surface area contributed by atoms with Crippen molar-refractivity contribution in [3.8, 4) is 0 Å². The lowest BCUT2D eigenvalue weighted by molar-refractivity contribution is -0.141. The molecule has 8 nitrogen and oxygen atoms in total. The molecular weight excluding hydrogens is 322 g/mol. The van der Waals surface area contributed by atoms with Gasteiger partial charge in [-0.15, -0.1) is 5.10 Å². The Balaban J connectivity index is 1.34. The molecule has 2 saturated carbocycles. The van der Waals surface area contributed by atoms with Crippen molar-refractivity contribution in [2.45, 2.75) is 31.8 Å². The topological polar surface area (TPSA) is 110 Å². The molecule has 8 heteroatoms. The molecule has 0 aliphatic heterocycles. The molecule has 0 bridgehead atoms. The highest BCUT2D eigenvalue weighted by Crippen LogP contribution is 2.49. The number of carboxylic acids is 1. The second kappa shape index (κ2) is 6.27. The number of hydrogen-bond acceptors (Lipinski definition) is 5. The molecule has 4 atom stereocenters. The summed E-state index contributed by atoms with van der Waals surface area (Å²) in [5.41, 5.74) is 1.26. The number of amides is 1. The van der Waals surface area contributed by atoms with Crippen LogP contribution in [0.3, 0.4) is 0 Å². The van der Waals surface area contributed by atoms with Gasteiger partial charge in [0.05, 0.1) is 18.7 Å². The highest BCUT2D eigenvalue weighted by atomic mass is 16.4. The minimum atomic E-state index is -0.724. The van der Waals surface area contributed by atoms with Crippen LogP contribution in [0.15, 0.2) is 30.7 Å². The van der Waals surface area contributed by atoms with Crippen LogP contribution in [0.2, 0.25) is 0 Å². The Bertz CT molecular complexity index is 791. The first-order valence-electron chi connectivity index (χ1n) is 8.43. The first kappa shape index (κ1) is 15.7. The number of rotatable bonds is 5. The van der Waals surface area contributed by atoms with Crippen molar-refractivity contribution in [2.75, 3.05) is 0 Å². The van der Waals surface area contributed by atoms with Gasteiger partial charge >= 0.3 is 5.97 Å². The average molecular weight is 341 g/mol. The van der Waals surface area contributed by atoms with Crippen LogP contribution in [-0.4, -0.2) is 43.0 Å². The lowest BCUT2D eigenvalue weighted by Crippen LogP contribution is -2.50. The van der Waals surface area contributed by atoms with E-state index in [1.807, 2.05) is 12.1 Å². The van der Waals surface area contributed by atoms with E-state index in [9.17, 15) is 9.59 Å². The van der Waals surface area contributed by atoms with Crippen molar-refractivity contribution in [3.05, 3.63) is 42.0 Å². The van der Waals surface area contributed by atoms with Crippen molar-refractivity contribution in [2.24, 2.45) is 17.8 Å². The highest BCUT2D eigenvalue weighted by Gasteiger charge is 2.50. The number of nitrogens with zero attached hydrogens (tertiary/aromatic N) is 4. The van der Waals surface area contributed by atoms with E-state index in [1.165, 1.54) is 0 Å². The zero-order valence-electron chi connectivity index (χ0n) is 13.6. The first-order chi connectivity index (χ1) is 12.1. The summed E-state index contributed by atoms with van der Waals surface area (Å²) in [5, 5.41) is 20.0. The molecule has 4 unspecified atom stereocenters. The summed E-state index contributed by atoms with van der Waals surface area (Å²) in [4.78, 5) is 27.5. The third-order valence-corrected chi connectivity index (χ3v) is 5.33. The Morgan fingerprint density at radius 2 is 2.20 bits per heavy atom. The number of aromatic nitrogens is 4. The van der Waals surface area contributed by atoms with Crippen molar-refractivity contribution < 1.29 is 14.7 Å². The number of fused-ring (bicyclic) bond motifs is 1. The number of nitrogens with one attached hydrogen (secondary N) is 1. The van der Waals surface area contributed by atoms with Crippen LogP contribution >= 0.6 is 0 Å². The van der Waals surface area contributed by atoms with Gasteiger partial charge in [0.15, 0.2) is 5.69 Å². The van der Waals surface area contributed by atoms with Crippen LogP contribution < -0.4 is 5.32 Å². The Hall–Kier alpha value is -2.77. The summed E-state index contributed by atoms with van der Waals surface area (Å²) in [6.45, 7) is 0.503. The van der Waals surface area contributed by atoms with E-state index in [0.29, 0.717) is 18.9 Å². The van der Waals surface area contributed by atoms with E-state index >= 15 is 0 Å². The first-order valence-corrected chi connectivity index (χ1v) is 8.43. The van der Waals surface area contributed by atoms with Crippen LogP contribution in [-0.2, 0) is 11.3 Å². The molecule has 130 valence electrons. The molecule has 25 heavy (non-hydrogen) atoms. The van der Waals surface area contributed by atoms with Gasteiger partial charge < -0.3 is 10.4 Å². The fourth-order valence-electron chi connectivity index (χ4n) is 3.99. The SMILES string of the molecule is O=C(NC1CC2CC(C(=O)O)CC21)c1cn(Cc2cccnc2)nn1. The van der Waals surface area contributed by atoms with Gasteiger partial charge in [0.25, 0.3) is 5.91 Å². The standard InChI is InChI=1S/C17H19N5O3/c23-16(19-14-6-11-4-12(17(24)25)5-13(11)14)15-9-22(21-20-15)8-10-2-1-3-18-7-10/h1-3,7,9,11-14H,4-6,8H2,(H,19,23)(H,24,25). The van der Waals surface area contributed by atoms with Gasteiger partial charge in [-0.05, 0) is 42.7 Å². The Labute approximate surface area is 144 Å². The molecule has 2 aliphatic carbocycles. The summed E-state index contributed by atoms with van der Waals surface area (Å²) in [6.07, 6.45) is 7.30. The third-order valence-electron chi connectivity index (χ3n) is 5.33. The van der Waals surface area contributed by atoms with Gasteiger partial charge in [0, 0.05) is 18.4 Å². The van der Waals surface area contributed by atoms with Crippen LogP contribution in [0.25, 0.3) is 0 Å². The van der Waals surface area contributed by atoms with Gasteiger partial charge in [-0.2, -0.15) is 0 Å². The number of carbonyl (C=O) groups is 2. The molecule has 4 rings (SSSR count). The molecule has 0 saturated heterocycles. The predicted octanol–water partition coefficient (Wildman–Crippen LogP) is 0.950. The van der Waals surface area contributed by atoms with Gasteiger partial charge in [-0.3, -0.25) is 14.6 Å². The van der Waals surface area contributed by atoms with Crippen molar-refractivity contribution in [3.63, 3.8) is 0 Å². The molecule has 2 heterocycles. The van der Waals surface area contributed by atoms with Crippen LogP contribution in [0.4, 0.5) is 0 Å². The fourth-order valence-corrected chi connectivity index (χ4v) is 3.99. The predicted molar refractivity (Wildman–Crippen MR) is 86.6 cm³/mol. The van der Waals surface area contributed by atoms with Gasteiger partial charge in [0.2, 0.25) is 0 Å². The maximum absolute atomic E-state index is 12.4. The highest BCUT2D eigenvalue weighted by molar-refractivity contribution is 5.92. The normalized spacial score (nSPS) is 27.4. The molecule has 0 spiro atoms. The van der Waals surface area contributed by atoms with E-state index in [1.54, 1.807) is 23.3 Å². The van der Waals surface area contributed by atoms with Crippen LogP contribution in [0.5, 0.6) is 0 Å². The quantitative estimate of drug-likeness (QED) is 0.838. The summed E-state index contributed by atoms with van der Waals surface area (Å²) in [5.74, 6) is -0.544. The zero-order chi connectivity index (χ0) is 17.4. The smallest absolute Gasteiger partial charge is 0.306 e. The van der Waals surface area contributed by atoms with E-state index in [0.717, 1.165) is 18.4 Å². The van der Waals surface area contributed by atoms with E-state index in [4.69, 9.17) is 5.11 Å². The number of carboxylic acid groups (broad SMARTS) is 1. The van der Waals surface area contributed by atoms with E-state index in [2.05, 4.69) is 20.6 Å².